The normalized spacial score (nSPS) is 12.7. The number of carboxylic acids is 2. The van der Waals surface area contributed by atoms with Crippen molar-refractivity contribution in [2.45, 2.75) is 25.0 Å². The predicted molar refractivity (Wildman–Crippen MR) is 75.8 cm³/mol. The molecule has 2 unspecified atom stereocenters. The summed E-state index contributed by atoms with van der Waals surface area (Å²) in [7, 11) is 0. The molecule has 0 amide bonds. The van der Waals surface area contributed by atoms with Crippen molar-refractivity contribution in [3.8, 4) is 0 Å². The van der Waals surface area contributed by atoms with Crippen molar-refractivity contribution in [1.82, 2.24) is 0 Å². The smallest absolute Gasteiger partial charge is 0.335 e. The Morgan fingerprint density at radius 2 is 1.27 bits per heavy atom. The number of aromatic carboxylic acids is 2. The summed E-state index contributed by atoms with van der Waals surface area (Å²) in [4.78, 5) is 20.7. The van der Waals surface area contributed by atoms with Crippen LogP contribution in [-0.2, 0) is 0 Å². The second kappa shape index (κ2) is 10.7. The molecule has 8 heteroatoms. The van der Waals surface area contributed by atoms with Gasteiger partial charge in [-0.1, -0.05) is 0 Å². The van der Waals surface area contributed by atoms with Crippen molar-refractivity contribution in [3.63, 3.8) is 0 Å². The number of carboxylic acid groups (broad SMARTS) is 2. The third kappa shape index (κ3) is 7.70. The maximum atomic E-state index is 10.3. The van der Waals surface area contributed by atoms with Crippen LogP contribution in [0.5, 0.6) is 0 Å². The van der Waals surface area contributed by atoms with Gasteiger partial charge in [0.1, 0.15) is 6.10 Å². The van der Waals surface area contributed by atoms with Crippen LogP contribution < -0.4 is 0 Å². The van der Waals surface area contributed by atoms with Gasteiger partial charge in [-0.25, -0.2) is 9.59 Å². The third-order valence-corrected chi connectivity index (χ3v) is 2.67. The van der Waals surface area contributed by atoms with Crippen molar-refractivity contribution < 1.29 is 40.2 Å². The fourth-order valence-electron chi connectivity index (χ4n) is 1.37. The Morgan fingerprint density at radius 1 is 0.864 bits per heavy atom. The van der Waals surface area contributed by atoms with Gasteiger partial charge in [0.05, 0.1) is 23.8 Å². The first-order valence-electron chi connectivity index (χ1n) is 6.48. The van der Waals surface area contributed by atoms with Gasteiger partial charge in [0.2, 0.25) is 0 Å². The zero-order valence-electron chi connectivity index (χ0n) is 11.8. The molecule has 2 atom stereocenters. The maximum absolute atomic E-state index is 10.3. The van der Waals surface area contributed by atoms with E-state index in [1.807, 2.05) is 0 Å². The summed E-state index contributed by atoms with van der Waals surface area (Å²) in [5.74, 6) is -2.13. The third-order valence-electron chi connectivity index (χ3n) is 2.67. The van der Waals surface area contributed by atoms with E-state index in [1.54, 1.807) is 0 Å². The van der Waals surface area contributed by atoms with E-state index in [1.165, 1.54) is 24.3 Å². The lowest BCUT2D eigenvalue weighted by Gasteiger charge is -2.13. The summed E-state index contributed by atoms with van der Waals surface area (Å²) in [5.41, 5.74) is 0.167. The Bertz CT molecular complexity index is 423. The molecule has 0 aliphatic heterocycles. The van der Waals surface area contributed by atoms with Gasteiger partial charge in [-0.2, -0.15) is 0 Å². The molecular weight excluding hydrogens is 296 g/mol. The average Bonchev–Trinajstić information content (AvgIpc) is 2.52. The van der Waals surface area contributed by atoms with Gasteiger partial charge in [-0.05, 0) is 37.1 Å². The summed E-state index contributed by atoms with van der Waals surface area (Å²) < 4.78 is 0. The number of hydrogen-bond acceptors (Lipinski definition) is 6. The van der Waals surface area contributed by atoms with Crippen LogP contribution in [0.2, 0.25) is 0 Å². The van der Waals surface area contributed by atoms with Gasteiger partial charge in [0.15, 0.2) is 0 Å². The lowest BCUT2D eigenvalue weighted by atomic mass is 10.1. The van der Waals surface area contributed by atoms with E-state index in [0.29, 0.717) is 12.8 Å². The van der Waals surface area contributed by atoms with Crippen molar-refractivity contribution in [2.75, 3.05) is 13.2 Å². The molecule has 1 rings (SSSR count). The minimum atomic E-state index is -1.08. The molecule has 6 N–H and O–H groups in total. The minimum absolute atomic E-state index is 0.00475. The lowest BCUT2D eigenvalue weighted by molar-refractivity contribution is -0.0199. The molecule has 0 aliphatic carbocycles. The summed E-state index contributed by atoms with van der Waals surface area (Å²) in [6, 6.07) is 5.02. The summed E-state index contributed by atoms with van der Waals surface area (Å²) in [6.45, 7) is -0.443. The molecule has 0 saturated carbocycles. The van der Waals surface area contributed by atoms with E-state index in [9.17, 15) is 9.59 Å². The largest absolute Gasteiger partial charge is 0.478 e. The Balaban J connectivity index is 0.000000409. The fraction of sp³-hybridized carbons (Fsp3) is 0.429. The van der Waals surface area contributed by atoms with Crippen LogP contribution in [-0.4, -0.2) is 68.0 Å². The van der Waals surface area contributed by atoms with Crippen LogP contribution in [0.15, 0.2) is 24.3 Å². The Hall–Kier alpha value is -2.00. The molecule has 22 heavy (non-hydrogen) atoms. The Labute approximate surface area is 126 Å². The van der Waals surface area contributed by atoms with Gasteiger partial charge in [-0.3, -0.25) is 0 Å². The number of hydrogen-bond donors (Lipinski definition) is 6. The average molecular weight is 316 g/mol. The van der Waals surface area contributed by atoms with Crippen molar-refractivity contribution >= 4 is 11.9 Å². The molecule has 1 aromatic carbocycles. The molecule has 0 saturated heterocycles. The predicted octanol–water partition coefficient (Wildman–Crippen LogP) is -0.444. The molecule has 124 valence electrons. The molecule has 0 aromatic heterocycles. The molecule has 8 nitrogen and oxygen atoms in total. The number of carbonyl (C=O) groups is 2. The minimum Gasteiger partial charge on any atom is -0.478 e. The van der Waals surface area contributed by atoms with E-state index in [2.05, 4.69) is 0 Å². The first-order chi connectivity index (χ1) is 10.3. The van der Waals surface area contributed by atoms with Gasteiger partial charge < -0.3 is 30.6 Å². The fourth-order valence-corrected chi connectivity index (χ4v) is 1.37. The summed E-state index contributed by atoms with van der Waals surface area (Å²) >= 11 is 0. The highest BCUT2D eigenvalue weighted by atomic mass is 16.4. The molecule has 0 spiro atoms. The first-order valence-corrected chi connectivity index (χ1v) is 6.48. The van der Waals surface area contributed by atoms with Crippen LogP contribution >= 0.6 is 0 Å². The number of benzene rings is 1. The van der Waals surface area contributed by atoms with Gasteiger partial charge in [0, 0.05) is 6.61 Å². The van der Waals surface area contributed by atoms with Gasteiger partial charge >= 0.3 is 11.9 Å². The van der Waals surface area contributed by atoms with Crippen molar-refractivity contribution in [3.05, 3.63) is 35.4 Å². The van der Waals surface area contributed by atoms with Crippen LogP contribution in [0.3, 0.4) is 0 Å². The SMILES string of the molecule is O=C(O)c1ccc(C(=O)O)cc1.OCCCC(O)C(O)CO. The van der Waals surface area contributed by atoms with Gasteiger partial charge in [0.25, 0.3) is 0 Å². The topological polar surface area (TPSA) is 156 Å². The standard InChI is InChI=1S/C8H6O4.C6H14O4/c9-7(10)5-1-2-6(4-3-5)8(11)12;7-3-1-2-5(9)6(10)4-8/h1-4H,(H,9,10)(H,11,12);5-10H,1-4H2. The molecule has 0 bridgehead atoms. The number of aliphatic hydroxyl groups is 4. The van der Waals surface area contributed by atoms with Crippen molar-refractivity contribution in [2.24, 2.45) is 0 Å². The number of rotatable bonds is 7. The van der Waals surface area contributed by atoms with E-state index in [-0.39, 0.29) is 17.7 Å². The number of aliphatic hydroxyl groups excluding tert-OH is 4. The van der Waals surface area contributed by atoms with E-state index in [0.717, 1.165) is 0 Å². The highest BCUT2D eigenvalue weighted by Gasteiger charge is 2.13. The van der Waals surface area contributed by atoms with E-state index in [4.69, 9.17) is 30.6 Å². The second-order valence-corrected chi connectivity index (χ2v) is 4.37. The zero-order valence-corrected chi connectivity index (χ0v) is 11.8. The Morgan fingerprint density at radius 3 is 1.55 bits per heavy atom. The monoisotopic (exact) mass is 316 g/mol. The molecule has 0 aliphatic rings. The Kier molecular flexibility index (Phi) is 9.72. The quantitative estimate of drug-likeness (QED) is 0.395. The highest BCUT2D eigenvalue weighted by molar-refractivity contribution is 5.91. The molecule has 0 radical (unpaired) electrons. The van der Waals surface area contributed by atoms with Crippen molar-refractivity contribution in [1.29, 1.82) is 0 Å². The van der Waals surface area contributed by atoms with E-state index >= 15 is 0 Å². The highest BCUT2D eigenvalue weighted by Crippen LogP contribution is 2.03. The first kappa shape index (κ1) is 20.0. The molecule has 0 fully saturated rings. The lowest BCUT2D eigenvalue weighted by Crippen LogP contribution is -2.29. The molecular formula is C14H20O8. The second-order valence-electron chi connectivity index (χ2n) is 4.37. The molecule has 0 heterocycles. The zero-order chi connectivity index (χ0) is 17.1. The van der Waals surface area contributed by atoms with Crippen LogP contribution in [0.1, 0.15) is 33.6 Å². The van der Waals surface area contributed by atoms with E-state index < -0.39 is 30.8 Å². The van der Waals surface area contributed by atoms with Crippen LogP contribution in [0, 0.1) is 0 Å². The molecule has 1 aromatic rings. The summed E-state index contributed by atoms with van der Waals surface area (Å²) in [5, 5.41) is 51.3. The maximum Gasteiger partial charge on any atom is 0.335 e. The van der Waals surface area contributed by atoms with Crippen LogP contribution in [0.4, 0.5) is 0 Å². The van der Waals surface area contributed by atoms with Gasteiger partial charge in [-0.15, -0.1) is 0 Å². The summed E-state index contributed by atoms with van der Waals surface area (Å²) in [6.07, 6.45) is -1.24. The van der Waals surface area contributed by atoms with Crippen LogP contribution in [0.25, 0.3) is 0 Å².